The van der Waals surface area contributed by atoms with E-state index in [0.29, 0.717) is 22.4 Å². The number of carbonyl (C=O) groups excluding carboxylic acids is 2. The third kappa shape index (κ3) is 3.42. The molecule has 0 fully saturated rings. The lowest BCUT2D eigenvalue weighted by Crippen LogP contribution is -2.15. The van der Waals surface area contributed by atoms with Crippen molar-refractivity contribution in [2.75, 3.05) is 12.4 Å². The number of hydrogen-bond acceptors (Lipinski definition) is 5. The van der Waals surface area contributed by atoms with Gasteiger partial charge in [0.2, 0.25) is 0 Å². The summed E-state index contributed by atoms with van der Waals surface area (Å²) < 4.78 is 10.6. The monoisotopic (exact) mass is 337 g/mol. The van der Waals surface area contributed by atoms with Gasteiger partial charge in [0.25, 0.3) is 5.91 Å². The fraction of sp³-hybridized carbons (Fsp3) is 0.105. The van der Waals surface area contributed by atoms with E-state index >= 15 is 0 Å². The van der Waals surface area contributed by atoms with E-state index in [1.807, 2.05) is 0 Å². The number of methoxy groups -OCH3 is 1. The Hall–Kier alpha value is -3.41. The number of rotatable bonds is 4. The van der Waals surface area contributed by atoms with Crippen LogP contribution in [0.15, 0.2) is 57.7 Å². The summed E-state index contributed by atoms with van der Waals surface area (Å²) in [7, 11) is 1.50. The van der Waals surface area contributed by atoms with Gasteiger partial charge in [-0.05, 0) is 31.2 Å². The third-order valence-electron chi connectivity index (χ3n) is 3.69. The Morgan fingerprint density at radius 3 is 2.60 bits per heavy atom. The minimum Gasteiger partial charge on any atom is -0.497 e. The van der Waals surface area contributed by atoms with E-state index in [-0.39, 0.29) is 22.6 Å². The zero-order valence-electron chi connectivity index (χ0n) is 13.7. The number of ketones is 1. The zero-order chi connectivity index (χ0) is 18.0. The molecule has 1 N–H and O–H groups in total. The summed E-state index contributed by atoms with van der Waals surface area (Å²) >= 11 is 0. The van der Waals surface area contributed by atoms with Gasteiger partial charge >= 0.3 is 0 Å². The summed E-state index contributed by atoms with van der Waals surface area (Å²) in [4.78, 5) is 36.0. The normalized spacial score (nSPS) is 10.5. The van der Waals surface area contributed by atoms with E-state index in [1.165, 1.54) is 14.0 Å². The molecule has 1 amide bonds. The van der Waals surface area contributed by atoms with Crippen LogP contribution in [0.2, 0.25) is 0 Å². The number of Topliss-reactive ketones (excluding diaryl/α,β-unsaturated/α-hetero) is 1. The molecule has 1 aromatic heterocycles. The predicted molar refractivity (Wildman–Crippen MR) is 93.4 cm³/mol. The molecule has 25 heavy (non-hydrogen) atoms. The van der Waals surface area contributed by atoms with Crippen LogP contribution in [0.25, 0.3) is 11.0 Å². The maximum absolute atomic E-state index is 12.4. The molecule has 6 nitrogen and oxygen atoms in total. The van der Waals surface area contributed by atoms with E-state index in [1.54, 1.807) is 42.5 Å². The Morgan fingerprint density at radius 1 is 1.08 bits per heavy atom. The summed E-state index contributed by atoms with van der Waals surface area (Å²) in [6.45, 7) is 1.44. The third-order valence-corrected chi connectivity index (χ3v) is 3.69. The van der Waals surface area contributed by atoms with Gasteiger partial charge in [0.15, 0.2) is 17.0 Å². The lowest BCUT2D eigenvalue weighted by molar-refractivity contribution is 0.0992. The Morgan fingerprint density at radius 2 is 1.88 bits per heavy atom. The maximum atomic E-state index is 12.4. The molecule has 0 radical (unpaired) electrons. The smallest absolute Gasteiger partial charge is 0.291 e. The van der Waals surface area contributed by atoms with Crippen molar-refractivity contribution in [2.24, 2.45) is 0 Å². The van der Waals surface area contributed by atoms with Gasteiger partial charge in [0, 0.05) is 23.4 Å². The van der Waals surface area contributed by atoms with Gasteiger partial charge in [0.1, 0.15) is 11.3 Å². The molecular formula is C19H15NO5. The summed E-state index contributed by atoms with van der Waals surface area (Å²) in [5, 5.41) is 2.98. The lowest BCUT2D eigenvalue weighted by atomic mass is 10.1. The van der Waals surface area contributed by atoms with Crippen molar-refractivity contribution in [2.45, 2.75) is 6.92 Å². The van der Waals surface area contributed by atoms with Crippen LogP contribution in [0.5, 0.6) is 5.75 Å². The molecule has 126 valence electrons. The van der Waals surface area contributed by atoms with E-state index < -0.39 is 5.91 Å². The van der Waals surface area contributed by atoms with Crippen LogP contribution >= 0.6 is 0 Å². The molecule has 6 heteroatoms. The molecule has 3 rings (SSSR count). The molecule has 0 spiro atoms. The quantitative estimate of drug-likeness (QED) is 0.739. The van der Waals surface area contributed by atoms with E-state index in [2.05, 4.69) is 5.32 Å². The van der Waals surface area contributed by atoms with Crippen molar-refractivity contribution in [3.63, 3.8) is 0 Å². The van der Waals surface area contributed by atoms with Crippen LogP contribution < -0.4 is 15.5 Å². The Labute approximate surface area is 143 Å². The standard InChI is InChI=1S/C19H15NO5/c1-11(21)12-4-3-5-13(8-12)20-19(23)18-10-16(22)15-7-6-14(24-2)9-17(15)25-18/h3-10H,1-2H3,(H,20,23). The number of benzene rings is 2. The van der Waals surface area contributed by atoms with Crippen LogP contribution in [0.1, 0.15) is 27.8 Å². The molecule has 3 aromatic rings. The van der Waals surface area contributed by atoms with Gasteiger partial charge in [-0.3, -0.25) is 14.4 Å². The van der Waals surface area contributed by atoms with Crippen molar-refractivity contribution in [3.05, 3.63) is 70.1 Å². The second-order valence-corrected chi connectivity index (χ2v) is 5.43. The van der Waals surface area contributed by atoms with Gasteiger partial charge < -0.3 is 14.5 Å². The first kappa shape index (κ1) is 16.4. The number of anilines is 1. The topological polar surface area (TPSA) is 85.6 Å². The molecule has 0 aliphatic carbocycles. The first-order valence-electron chi connectivity index (χ1n) is 7.52. The average molecular weight is 337 g/mol. The van der Waals surface area contributed by atoms with Crippen LogP contribution in [0, 0.1) is 0 Å². The molecular weight excluding hydrogens is 322 g/mol. The zero-order valence-corrected chi connectivity index (χ0v) is 13.7. The van der Waals surface area contributed by atoms with Gasteiger partial charge in [-0.2, -0.15) is 0 Å². The van der Waals surface area contributed by atoms with Crippen molar-refractivity contribution in [1.82, 2.24) is 0 Å². The van der Waals surface area contributed by atoms with Gasteiger partial charge in [-0.1, -0.05) is 12.1 Å². The van der Waals surface area contributed by atoms with Crippen LogP contribution in [0.3, 0.4) is 0 Å². The summed E-state index contributed by atoms with van der Waals surface area (Å²) in [6, 6.07) is 12.4. The van der Waals surface area contributed by atoms with Crippen molar-refractivity contribution in [3.8, 4) is 5.75 Å². The fourth-order valence-corrected chi connectivity index (χ4v) is 2.38. The van der Waals surface area contributed by atoms with Crippen molar-refractivity contribution >= 4 is 28.3 Å². The highest BCUT2D eigenvalue weighted by molar-refractivity contribution is 6.04. The largest absolute Gasteiger partial charge is 0.497 e. The van der Waals surface area contributed by atoms with Crippen LogP contribution in [0.4, 0.5) is 5.69 Å². The Kier molecular flexibility index (Phi) is 4.35. The van der Waals surface area contributed by atoms with Gasteiger partial charge in [0.05, 0.1) is 12.5 Å². The fourth-order valence-electron chi connectivity index (χ4n) is 2.38. The lowest BCUT2D eigenvalue weighted by Gasteiger charge is -2.07. The Bertz CT molecular complexity index is 1040. The molecule has 0 bridgehead atoms. The second kappa shape index (κ2) is 6.60. The average Bonchev–Trinajstić information content (AvgIpc) is 2.61. The molecule has 1 heterocycles. The number of carbonyl (C=O) groups is 2. The minimum absolute atomic E-state index is 0.111. The van der Waals surface area contributed by atoms with Crippen molar-refractivity contribution < 1.29 is 18.7 Å². The van der Waals surface area contributed by atoms with Crippen LogP contribution in [-0.2, 0) is 0 Å². The minimum atomic E-state index is -0.581. The molecule has 0 unspecified atom stereocenters. The predicted octanol–water partition coefficient (Wildman–Crippen LogP) is 3.26. The number of fused-ring (bicyclic) bond motifs is 1. The number of amides is 1. The molecule has 2 aromatic carbocycles. The number of ether oxygens (including phenoxy) is 1. The van der Waals surface area contributed by atoms with E-state index in [4.69, 9.17) is 9.15 Å². The number of hydrogen-bond donors (Lipinski definition) is 1. The summed E-state index contributed by atoms with van der Waals surface area (Å²) in [6.07, 6.45) is 0. The van der Waals surface area contributed by atoms with Crippen LogP contribution in [-0.4, -0.2) is 18.8 Å². The molecule has 0 saturated heterocycles. The van der Waals surface area contributed by atoms with E-state index in [0.717, 1.165) is 6.07 Å². The highest BCUT2D eigenvalue weighted by Gasteiger charge is 2.14. The molecule has 0 saturated carbocycles. The first-order chi connectivity index (χ1) is 12.0. The molecule has 0 aliphatic rings. The second-order valence-electron chi connectivity index (χ2n) is 5.43. The van der Waals surface area contributed by atoms with Gasteiger partial charge in [-0.15, -0.1) is 0 Å². The van der Waals surface area contributed by atoms with E-state index in [9.17, 15) is 14.4 Å². The highest BCUT2D eigenvalue weighted by atomic mass is 16.5. The molecule has 0 aliphatic heterocycles. The highest BCUT2D eigenvalue weighted by Crippen LogP contribution is 2.20. The SMILES string of the molecule is COc1ccc2c(=O)cc(C(=O)Nc3cccc(C(C)=O)c3)oc2c1. The van der Waals surface area contributed by atoms with Crippen molar-refractivity contribution in [1.29, 1.82) is 0 Å². The first-order valence-corrected chi connectivity index (χ1v) is 7.52. The molecule has 0 atom stereocenters. The summed E-state index contributed by atoms with van der Waals surface area (Å²) in [5.74, 6) is -0.302. The van der Waals surface area contributed by atoms with Gasteiger partial charge in [-0.25, -0.2) is 0 Å². The Balaban J connectivity index is 1.95. The number of nitrogens with one attached hydrogen (secondary N) is 1. The summed E-state index contributed by atoms with van der Waals surface area (Å²) in [5.41, 5.74) is 0.842. The maximum Gasteiger partial charge on any atom is 0.291 e.